The summed E-state index contributed by atoms with van der Waals surface area (Å²) in [6.45, 7) is 0. The van der Waals surface area contributed by atoms with E-state index in [1.54, 1.807) is 0 Å². The molecule has 0 saturated carbocycles. The quantitative estimate of drug-likeness (QED) is 0.535. The van der Waals surface area contributed by atoms with Gasteiger partial charge in [0.25, 0.3) is 0 Å². The Morgan fingerprint density at radius 1 is 1.38 bits per heavy atom. The van der Waals surface area contributed by atoms with E-state index in [1.165, 1.54) is 13.2 Å². The van der Waals surface area contributed by atoms with Gasteiger partial charge in [0.15, 0.2) is 11.5 Å². The Labute approximate surface area is 103 Å². The van der Waals surface area contributed by atoms with E-state index in [0.29, 0.717) is 24.0 Å². The Bertz CT molecular complexity index is 423. The molecule has 2 atom stereocenters. The lowest BCUT2D eigenvalue weighted by molar-refractivity contribution is -0.118. The average Bonchev–Trinajstić information content (AvgIpc) is 2.27. The number of hydrogen-bond donors (Lipinski definition) is 0. The molecule has 2 rings (SSSR count). The van der Waals surface area contributed by atoms with Crippen molar-refractivity contribution in [2.24, 2.45) is 0 Å². The van der Waals surface area contributed by atoms with Crippen LogP contribution in [0, 0.1) is 0 Å². The molecule has 0 bridgehead atoms. The molecule has 0 aromatic carbocycles. The highest BCUT2D eigenvalue weighted by Gasteiger charge is 2.39. The first-order chi connectivity index (χ1) is 7.56. The van der Waals surface area contributed by atoms with Crippen LogP contribution in [-0.2, 0) is 14.3 Å². The van der Waals surface area contributed by atoms with Gasteiger partial charge in [0.2, 0.25) is 5.78 Å². The maximum absolute atomic E-state index is 11.9. The molecule has 0 heterocycles. The molecule has 16 heavy (non-hydrogen) atoms. The lowest BCUT2D eigenvalue weighted by atomic mass is 9.82. The van der Waals surface area contributed by atoms with Gasteiger partial charge < -0.3 is 4.74 Å². The van der Waals surface area contributed by atoms with Crippen LogP contribution < -0.4 is 0 Å². The molecule has 0 amide bonds. The van der Waals surface area contributed by atoms with Gasteiger partial charge in [-0.3, -0.25) is 9.59 Å². The summed E-state index contributed by atoms with van der Waals surface area (Å²) < 4.78 is 4.86. The van der Waals surface area contributed by atoms with E-state index in [-0.39, 0.29) is 22.7 Å². The number of carbonyl (C=O) groups is 2. The Morgan fingerprint density at radius 3 is 2.69 bits per heavy atom. The number of ether oxygens (including phenoxy) is 1. The zero-order chi connectivity index (χ0) is 11.9. The van der Waals surface area contributed by atoms with Gasteiger partial charge >= 0.3 is 0 Å². The van der Waals surface area contributed by atoms with Crippen molar-refractivity contribution in [3.8, 4) is 0 Å². The van der Waals surface area contributed by atoms with Gasteiger partial charge in [-0.2, -0.15) is 0 Å². The van der Waals surface area contributed by atoms with Crippen molar-refractivity contribution in [2.75, 3.05) is 7.11 Å². The number of methoxy groups -OCH3 is 1. The van der Waals surface area contributed by atoms with Crippen LogP contribution in [0.3, 0.4) is 0 Å². The maximum atomic E-state index is 11.9. The lowest BCUT2D eigenvalue weighted by Gasteiger charge is -2.29. The molecule has 0 spiro atoms. The summed E-state index contributed by atoms with van der Waals surface area (Å²) in [7, 11) is 1.35. The number of rotatable bonds is 1. The van der Waals surface area contributed by atoms with E-state index < -0.39 is 5.38 Å². The molecular formula is C11H10Cl2O3. The van der Waals surface area contributed by atoms with Gasteiger partial charge in [0.1, 0.15) is 0 Å². The molecule has 0 fully saturated rings. The van der Waals surface area contributed by atoms with E-state index in [2.05, 4.69) is 0 Å². The van der Waals surface area contributed by atoms with Crippen LogP contribution in [-0.4, -0.2) is 29.4 Å². The molecule has 0 aromatic rings. The van der Waals surface area contributed by atoms with Crippen molar-refractivity contribution in [3.63, 3.8) is 0 Å². The van der Waals surface area contributed by atoms with Gasteiger partial charge in [0, 0.05) is 17.2 Å². The molecule has 0 aliphatic heterocycles. The molecule has 0 saturated heterocycles. The number of hydrogen-bond acceptors (Lipinski definition) is 3. The van der Waals surface area contributed by atoms with Crippen LogP contribution in [0.1, 0.15) is 12.8 Å². The lowest BCUT2D eigenvalue weighted by Crippen LogP contribution is -2.34. The fourth-order valence-corrected chi connectivity index (χ4v) is 2.58. The number of Topliss-reactive ketones (excluding diaryl/α,β-unsaturated/α-hetero) is 1. The van der Waals surface area contributed by atoms with E-state index in [9.17, 15) is 9.59 Å². The van der Waals surface area contributed by atoms with Crippen molar-refractivity contribution in [3.05, 3.63) is 23.0 Å². The Morgan fingerprint density at radius 2 is 2.06 bits per heavy atom. The second-order valence-electron chi connectivity index (χ2n) is 3.75. The molecule has 86 valence electrons. The average molecular weight is 261 g/mol. The molecule has 5 heteroatoms. The maximum Gasteiger partial charge on any atom is 0.225 e. The molecular weight excluding hydrogens is 251 g/mol. The predicted octanol–water partition coefficient (Wildman–Crippen LogP) is 1.97. The fraction of sp³-hybridized carbons (Fsp3) is 0.455. The van der Waals surface area contributed by atoms with Crippen LogP contribution in [0.4, 0.5) is 0 Å². The predicted molar refractivity (Wildman–Crippen MR) is 60.6 cm³/mol. The Hall–Kier alpha value is -0.800. The smallest absolute Gasteiger partial charge is 0.225 e. The van der Waals surface area contributed by atoms with Crippen molar-refractivity contribution in [1.82, 2.24) is 0 Å². The highest BCUT2D eigenvalue weighted by molar-refractivity contribution is 6.36. The van der Waals surface area contributed by atoms with Crippen LogP contribution in [0.15, 0.2) is 23.0 Å². The number of halogens is 2. The SMILES string of the molecule is COC1=CC(=O)C2=C(C1=O)C(Cl)C(Cl)CC2. The van der Waals surface area contributed by atoms with Crippen molar-refractivity contribution in [1.29, 1.82) is 0 Å². The van der Waals surface area contributed by atoms with Gasteiger partial charge in [0.05, 0.1) is 17.9 Å². The molecule has 3 nitrogen and oxygen atoms in total. The number of ketones is 2. The standard InChI is InChI=1S/C11H10Cl2O3/c1-16-8-4-7(14)5-2-3-6(12)10(13)9(5)11(8)15/h4,6,10H,2-3H2,1H3. The number of alkyl halides is 2. The minimum Gasteiger partial charge on any atom is -0.493 e. The second kappa shape index (κ2) is 4.22. The first kappa shape index (κ1) is 11.7. The molecule has 2 unspecified atom stereocenters. The van der Waals surface area contributed by atoms with E-state index >= 15 is 0 Å². The zero-order valence-electron chi connectivity index (χ0n) is 8.63. The van der Waals surface area contributed by atoms with Gasteiger partial charge in [-0.25, -0.2) is 0 Å². The summed E-state index contributed by atoms with van der Waals surface area (Å²) in [6.07, 6.45) is 2.34. The summed E-state index contributed by atoms with van der Waals surface area (Å²) in [5, 5.41) is -0.922. The zero-order valence-corrected chi connectivity index (χ0v) is 10.1. The number of carbonyl (C=O) groups excluding carboxylic acids is 2. The third-order valence-corrected chi connectivity index (χ3v) is 3.96. The van der Waals surface area contributed by atoms with Gasteiger partial charge in [-0.05, 0) is 12.8 Å². The van der Waals surface area contributed by atoms with Crippen LogP contribution in [0.25, 0.3) is 0 Å². The number of allylic oxidation sites excluding steroid dienone is 3. The van der Waals surface area contributed by atoms with E-state index in [4.69, 9.17) is 27.9 Å². The Balaban J connectivity index is 2.46. The molecule has 0 N–H and O–H groups in total. The highest BCUT2D eigenvalue weighted by atomic mass is 35.5. The minimum atomic E-state index is -0.610. The van der Waals surface area contributed by atoms with Crippen LogP contribution >= 0.6 is 23.2 Å². The van der Waals surface area contributed by atoms with Crippen LogP contribution in [0.2, 0.25) is 0 Å². The van der Waals surface area contributed by atoms with Crippen molar-refractivity contribution in [2.45, 2.75) is 23.6 Å². The summed E-state index contributed by atoms with van der Waals surface area (Å²) >= 11 is 12.1. The fourth-order valence-electron chi connectivity index (χ4n) is 1.98. The van der Waals surface area contributed by atoms with Crippen LogP contribution in [0.5, 0.6) is 0 Å². The topological polar surface area (TPSA) is 43.4 Å². The molecule has 0 aromatic heterocycles. The Kier molecular flexibility index (Phi) is 3.08. The minimum absolute atomic E-state index is 0.0418. The van der Waals surface area contributed by atoms with E-state index in [0.717, 1.165) is 0 Å². The summed E-state index contributed by atoms with van der Waals surface area (Å²) in [4.78, 5) is 23.7. The monoisotopic (exact) mass is 260 g/mol. The third kappa shape index (κ3) is 1.68. The molecule has 2 aliphatic rings. The summed E-state index contributed by atoms with van der Waals surface area (Å²) in [5.41, 5.74) is 0.806. The third-order valence-electron chi connectivity index (χ3n) is 2.84. The highest BCUT2D eigenvalue weighted by Crippen LogP contribution is 2.37. The molecule has 2 aliphatic carbocycles. The van der Waals surface area contributed by atoms with Gasteiger partial charge in [-0.1, -0.05) is 0 Å². The summed E-state index contributed by atoms with van der Waals surface area (Å²) in [5.74, 6) is -0.469. The summed E-state index contributed by atoms with van der Waals surface area (Å²) in [6, 6.07) is 0. The largest absolute Gasteiger partial charge is 0.493 e. The van der Waals surface area contributed by atoms with E-state index in [1.807, 2.05) is 0 Å². The first-order valence-electron chi connectivity index (χ1n) is 4.92. The normalized spacial score (nSPS) is 30.1. The second-order valence-corrected chi connectivity index (χ2v) is 4.79. The first-order valence-corrected chi connectivity index (χ1v) is 5.79. The van der Waals surface area contributed by atoms with Crippen molar-refractivity contribution >= 4 is 34.8 Å². The van der Waals surface area contributed by atoms with Crippen molar-refractivity contribution < 1.29 is 14.3 Å². The molecule has 0 radical (unpaired) electrons. The van der Waals surface area contributed by atoms with Gasteiger partial charge in [-0.15, -0.1) is 23.2 Å².